The SMILES string of the molecule is Clc1cnc(N[C@@H]2CCCc3ccccc32)nc1. The van der Waals surface area contributed by atoms with Gasteiger partial charge in [-0.15, -0.1) is 0 Å². The number of aryl methyl sites for hydroxylation is 1. The summed E-state index contributed by atoms with van der Waals surface area (Å²) in [6.45, 7) is 0. The predicted molar refractivity (Wildman–Crippen MR) is 72.8 cm³/mol. The van der Waals surface area contributed by atoms with Crippen molar-refractivity contribution < 1.29 is 0 Å². The molecule has 1 aromatic carbocycles. The summed E-state index contributed by atoms with van der Waals surface area (Å²) in [7, 11) is 0. The van der Waals surface area contributed by atoms with Crippen molar-refractivity contribution in [2.24, 2.45) is 0 Å². The fraction of sp³-hybridized carbons (Fsp3) is 0.286. The number of rotatable bonds is 2. The molecule has 92 valence electrons. The highest BCUT2D eigenvalue weighted by atomic mass is 35.5. The summed E-state index contributed by atoms with van der Waals surface area (Å²) in [5, 5.41) is 3.94. The van der Waals surface area contributed by atoms with Crippen LogP contribution in [-0.2, 0) is 6.42 Å². The van der Waals surface area contributed by atoms with E-state index in [1.54, 1.807) is 12.4 Å². The first-order valence-corrected chi connectivity index (χ1v) is 6.52. The molecule has 0 fully saturated rings. The van der Waals surface area contributed by atoms with Crippen molar-refractivity contribution in [3.8, 4) is 0 Å². The molecule has 0 bridgehead atoms. The first-order chi connectivity index (χ1) is 8.83. The van der Waals surface area contributed by atoms with Crippen molar-refractivity contribution in [2.45, 2.75) is 25.3 Å². The van der Waals surface area contributed by atoms with Crippen molar-refractivity contribution in [2.75, 3.05) is 5.32 Å². The number of hydrogen-bond acceptors (Lipinski definition) is 3. The average Bonchev–Trinajstić information content (AvgIpc) is 2.42. The lowest BCUT2D eigenvalue weighted by Crippen LogP contribution is -2.18. The van der Waals surface area contributed by atoms with Crippen LogP contribution in [0.2, 0.25) is 5.02 Å². The standard InChI is InChI=1S/C14H14ClN3/c15-11-8-16-14(17-9-11)18-13-7-3-5-10-4-1-2-6-12(10)13/h1-2,4,6,8-9,13H,3,5,7H2,(H,16,17,18)/t13-/m1/s1. The third-order valence-electron chi connectivity index (χ3n) is 3.29. The van der Waals surface area contributed by atoms with E-state index in [1.807, 2.05) is 0 Å². The van der Waals surface area contributed by atoms with Crippen molar-refractivity contribution in [3.63, 3.8) is 0 Å². The van der Waals surface area contributed by atoms with Crippen LogP contribution in [0.5, 0.6) is 0 Å². The highest BCUT2D eigenvalue weighted by molar-refractivity contribution is 6.30. The van der Waals surface area contributed by atoms with Crippen molar-refractivity contribution in [1.82, 2.24) is 9.97 Å². The largest absolute Gasteiger partial charge is 0.347 e. The van der Waals surface area contributed by atoms with Gasteiger partial charge in [-0.05, 0) is 30.4 Å². The van der Waals surface area contributed by atoms with E-state index in [2.05, 4.69) is 39.6 Å². The van der Waals surface area contributed by atoms with Crippen LogP contribution in [0.25, 0.3) is 0 Å². The zero-order valence-corrected chi connectivity index (χ0v) is 10.7. The summed E-state index contributed by atoms with van der Waals surface area (Å²) in [5.74, 6) is 0.640. The third-order valence-corrected chi connectivity index (χ3v) is 3.49. The molecule has 0 spiro atoms. The highest BCUT2D eigenvalue weighted by Gasteiger charge is 2.19. The van der Waals surface area contributed by atoms with Crippen LogP contribution < -0.4 is 5.32 Å². The summed E-state index contributed by atoms with van der Waals surface area (Å²) in [4.78, 5) is 8.38. The number of anilines is 1. The lowest BCUT2D eigenvalue weighted by molar-refractivity contribution is 0.596. The van der Waals surface area contributed by atoms with Crippen LogP contribution in [-0.4, -0.2) is 9.97 Å². The minimum absolute atomic E-state index is 0.302. The molecule has 0 radical (unpaired) electrons. The van der Waals surface area contributed by atoms with Crippen LogP contribution in [0.15, 0.2) is 36.7 Å². The Bertz CT molecular complexity index is 539. The van der Waals surface area contributed by atoms with E-state index < -0.39 is 0 Å². The fourth-order valence-corrected chi connectivity index (χ4v) is 2.54. The molecular formula is C14H14ClN3. The van der Waals surface area contributed by atoms with Crippen molar-refractivity contribution >= 4 is 17.5 Å². The van der Waals surface area contributed by atoms with Gasteiger partial charge in [0.25, 0.3) is 0 Å². The lowest BCUT2D eigenvalue weighted by atomic mass is 9.88. The van der Waals surface area contributed by atoms with E-state index in [9.17, 15) is 0 Å². The van der Waals surface area contributed by atoms with Crippen LogP contribution in [0.1, 0.15) is 30.0 Å². The second-order valence-corrected chi connectivity index (χ2v) is 4.95. The monoisotopic (exact) mass is 259 g/mol. The van der Waals surface area contributed by atoms with Gasteiger partial charge in [-0.3, -0.25) is 0 Å². The molecule has 3 nitrogen and oxygen atoms in total. The Morgan fingerprint density at radius 2 is 1.94 bits per heavy atom. The zero-order chi connectivity index (χ0) is 12.4. The molecule has 0 aliphatic heterocycles. The molecule has 0 amide bonds. The van der Waals surface area contributed by atoms with Gasteiger partial charge in [0.15, 0.2) is 0 Å². The van der Waals surface area contributed by atoms with Gasteiger partial charge < -0.3 is 5.32 Å². The van der Waals surface area contributed by atoms with Crippen LogP contribution in [0.3, 0.4) is 0 Å². The Morgan fingerprint density at radius 1 is 1.17 bits per heavy atom. The molecule has 1 aromatic heterocycles. The Kier molecular flexibility index (Phi) is 3.15. The second kappa shape index (κ2) is 4.94. The van der Waals surface area contributed by atoms with E-state index in [-0.39, 0.29) is 0 Å². The summed E-state index contributed by atoms with van der Waals surface area (Å²) in [5.41, 5.74) is 2.79. The maximum Gasteiger partial charge on any atom is 0.223 e. The van der Waals surface area contributed by atoms with E-state index >= 15 is 0 Å². The first-order valence-electron chi connectivity index (χ1n) is 6.15. The normalized spacial score (nSPS) is 18.2. The minimum atomic E-state index is 0.302. The van der Waals surface area contributed by atoms with Gasteiger partial charge in [-0.2, -0.15) is 0 Å². The molecule has 3 rings (SSSR count). The number of benzene rings is 1. The summed E-state index contributed by atoms with van der Waals surface area (Å²) < 4.78 is 0. The van der Waals surface area contributed by atoms with Crippen LogP contribution in [0, 0.1) is 0 Å². The maximum atomic E-state index is 5.78. The summed E-state index contributed by atoms with van der Waals surface area (Å²) in [6.07, 6.45) is 6.71. The second-order valence-electron chi connectivity index (χ2n) is 4.51. The molecule has 0 unspecified atom stereocenters. The Labute approximate surface area is 111 Å². The molecule has 2 aromatic rings. The van der Waals surface area contributed by atoms with Gasteiger partial charge in [0.2, 0.25) is 5.95 Å². The highest BCUT2D eigenvalue weighted by Crippen LogP contribution is 2.31. The van der Waals surface area contributed by atoms with Crippen molar-refractivity contribution in [3.05, 3.63) is 52.8 Å². The van der Waals surface area contributed by atoms with Crippen LogP contribution >= 0.6 is 11.6 Å². The van der Waals surface area contributed by atoms with Gasteiger partial charge >= 0.3 is 0 Å². The zero-order valence-electron chi connectivity index (χ0n) is 9.94. The molecule has 0 saturated carbocycles. The summed E-state index contributed by atoms with van der Waals surface area (Å²) >= 11 is 5.78. The third kappa shape index (κ3) is 2.31. The number of halogens is 1. The molecule has 18 heavy (non-hydrogen) atoms. The number of hydrogen-bond donors (Lipinski definition) is 1. The Morgan fingerprint density at radius 3 is 2.78 bits per heavy atom. The molecule has 1 heterocycles. The van der Waals surface area contributed by atoms with Gasteiger partial charge in [0, 0.05) is 0 Å². The molecule has 1 aliphatic carbocycles. The average molecular weight is 260 g/mol. The Hall–Kier alpha value is -1.61. The van der Waals surface area contributed by atoms with Gasteiger partial charge in [-0.25, -0.2) is 9.97 Å². The van der Waals surface area contributed by atoms with Crippen molar-refractivity contribution in [1.29, 1.82) is 0 Å². The number of aromatic nitrogens is 2. The fourth-order valence-electron chi connectivity index (χ4n) is 2.45. The molecule has 0 saturated heterocycles. The quantitative estimate of drug-likeness (QED) is 0.895. The number of nitrogens with zero attached hydrogens (tertiary/aromatic N) is 2. The van der Waals surface area contributed by atoms with Gasteiger partial charge in [0.05, 0.1) is 23.5 Å². The van der Waals surface area contributed by atoms with Crippen LogP contribution in [0.4, 0.5) is 5.95 Å². The molecule has 1 atom stereocenters. The smallest absolute Gasteiger partial charge is 0.223 e. The number of nitrogens with one attached hydrogen (secondary N) is 1. The predicted octanol–water partition coefficient (Wildman–Crippen LogP) is 3.62. The topological polar surface area (TPSA) is 37.8 Å². The van der Waals surface area contributed by atoms with Gasteiger partial charge in [0.1, 0.15) is 0 Å². The molecule has 1 N–H and O–H groups in total. The minimum Gasteiger partial charge on any atom is -0.347 e. The molecular weight excluding hydrogens is 246 g/mol. The van der Waals surface area contributed by atoms with E-state index in [0.717, 1.165) is 12.8 Å². The molecule has 1 aliphatic rings. The van der Waals surface area contributed by atoms with E-state index in [0.29, 0.717) is 17.0 Å². The number of fused-ring (bicyclic) bond motifs is 1. The lowest BCUT2D eigenvalue weighted by Gasteiger charge is -2.26. The maximum absolute atomic E-state index is 5.78. The van der Waals surface area contributed by atoms with E-state index in [4.69, 9.17) is 11.6 Å². The first kappa shape index (κ1) is 11.5. The summed E-state index contributed by atoms with van der Waals surface area (Å²) in [6, 6.07) is 8.87. The van der Waals surface area contributed by atoms with Gasteiger partial charge in [-0.1, -0.05) is 35.9 Å². The van der Waals surface area contributed by atoms with E-state index in [1.165, 1.54) is 17.5 Å². The Balaban J connectivity index is 1.84. The molecule has 4 heteroatoms.